The van der Waals surface area contributed by atoms with E-state index in [0.717, 1.165) is 45.3 Å². The average molecular weight is 790 g/mol. The zero-order valence-corrected chi connectivity index (χ0v) is 32.7. The molecule has 3 N–H and O–H groups in total. The lowest BCUT2D eigenvalue weighted by atomic mass is 10.0. The summed E-state index contributed by atoms with van der Waals surface area (Å²) in [5.41, 5.74) is 4.39. The molecule has 5 aromatic rings. The van der Waals surface area contributed by atoms with Gasteiger partial charge in [0.2, 0.25) is 17.8 Å². The molecule has 0 unspecified atom stereocenters. The summed E-state index contributed by atoms with van der Waals surface area (Å²) in [5.74, 6) is 1.67. The van der Waals surface area contributed by atoms with Gasteiger partial charge in [-0.05, 0) is 53.0 Å². The van der Waals surface area contributed by atoms with Gasteiger partial charge in [-0.1, -0.05) is 35.4 Å². The number of piperazine rings is 1. The maximum Gasteiger partial charge on any atom is 0.328 e. The van der Waals surface area contributed by atoms with Gasteiger partial charge < -0.3 is 34.9 Å². The molecule has 1 atom stereocenters. The van der Waals surface area contributed by atoms with Gasteiger partial charge in [0.15, 0.2) is 5.69 Å². The van der Waals surface area contributed by atoms with E-state index in [4.69, 9.17) is 19.4 Å². The van der Waals surface area contributed by atoms with Crippen molar-refractivity contribution < 1.29 is 19.1 Å². The van der Waals surface area contributed by atoms with E-state index in [9.17, 15) is 14.9 Å². The maximum absolute atomic E-state index is 13.0. The minimum Gasteiger partial charge on any atom is -0.497 e. The number of ether oxygens (including phenoxy) is 2. The first-order valence-corrected chi connectivity index (χ1v) is 19.0. The van der Waals surface area contributed by atoms with Gasteiger partial charge in [0.1, 0.15) is 17.6 Å². The molecule has 3 aromatic heterocycles. The molecule has 6 rings (SSSR count). The number of aromatic amines is 1. The fraction of sp³-hybridized carbons (Fsp3) is 0.308. The molecule has 18 heteroatoms. The molecule has 17 nitrogen and oxygen atoms in total. The molecule has 4 heterocycles. The third-order valence-electron chi connectivity index (χ3n) is 9.19. The zero-order valence-electron chi connectivity index (χ0n) is 31.9. The summed E-state index contributed by atoms with van der Waals surface area (Å²) in [6.07, 6.45) is 8.13. The number of hydrogen-bond acceptors (Lipinski definition) is 16. The lowest BCUT2D eigenvalue weighted by Crippen LogP contribution is -2.49. The number of anilines is 3. The van der Waals surface area contributed by atoms with Crippen molar-refractivity contribution in [1.82, 2.24) is 44.3 Å². The molecule has 57 heavy (non-hydrogen) atoms. The monoisotopic (exact) mass is 789 g/mol. The third kappa shape index (κ3) is 10.7. The van der Waals surface area contributed by atoms with Gasteiger partial charge in [-0.2, -0.15) is 20.2 Å². The Morgan fingerprint density at radius 2 is 1.88 bits per heavy atom. The quantitative estimate of drug-likeness (QED) is 0.0905. The number of benzene rings is 2. The van der Waals surface area contributed by atoms with Crippen LogP contribution in [0.4, 0.5) is 17.8 Å². The molecular formula is C39H43N13O4S. The van der Waals surface area contributed by atoms with E-state index in [0.29, 0.717) is 62.9 Å². The van der Waals surface area contributed by atoms with Gasteiger partial charge in [0.25, 0.3) is 5.91 Å². The van der Waals surface area contributed by atoms with Gasteiger partial charge in [-0.25, -0.2) is 9.78 Å². The van der Waals surface area contributed by atoms with Crippen LogP contribution in [-0.2, 0) is 22.4 Å². The Labute approximate surface area is 333 Å². The number of aromatic nitrogens is 7. The second kappa shape index (κ2) is 19.2. The van der Waals surface area contributed by atoms with Crippen molar-refractivity contribution in [3.63, 3.8) is 0 Å². The molecule has 2 aromatic carbocycles. The summed E-state index contributed by atoms with van der Waals surface area (Å²) >= 11 is 1.16. The van der Waals surface area contributed by atoms with E-state index in [1.165, 1.54) is 7.11 Å². The van der Waals surface area contributed by atoms with Crippen LogP contribution in [0.2, 0.25) is 0 Å². The predicted molar refractivity (Wildman–Crippen MR) is 217 cm³/mol. The van der Waals surface area contributed by atoms with Gasteiger partial charge in [-0.15, -0.1) is 5.10 Å². The highest BCUT2D eigenvalue weighted by Gasteiger charge is 2.25. The molecule has 0 bridgehead atoms. The Hall–Kier alpha value is -6.71. The highest BCUT2D eigenvalue weighted by atomic mass is 32.1. The van der Waals surface area contributed by atoms with E-state index in [1.807, 2.05) is 42.3 Å². The standard InChI is InChI=1S/C39H43N13O4S/c1-5-6-28(24-51-17-19-52(20-18-51)35(53)33-25-57-49-48-33)13-15-41-37-45-38(44-32(36(54)56-4)21-26-7-9-27(23-40)10-8-26)47-39(46-37)50(2)16-14-34-42-30-12-11-29(55-3)22-31(30)43-34/h5-13,15,22,25,32H,1,14,16-21,24H2,2-4H3,(H,42,43)(H2,41,44,45,46,47)/b15-13+,28-6+/t32-/m0/s1. The lowest BCUT2D eigenvalue weighted by Gasteiger charge is -2.34. The van der Waals surface area contributed by atoms with Crippen LogP contribution in [0.3, 0.4) is 0 Å². The van der Waals surface area contributed by atoms with E-state index in [2.05, 4.69) is 52.7 Å². The Morgan fingerprint density at radius 3 is 2.58 bits per heavy atom. The first-order valence-electron chi connectivity index (χ1n) is 18.1. The summed E-state index contributed by atoms with van der Waals surface area (Å²) in [5, 5.41) is 21.1. The van der Waals surface area contributed by atoms with E-state index >= 15 is 0 Å². The highest BCUT2D eigenvalue weighted by molar-refractivity contribution is 7.03. The molecule has 1 saturated heterocycles. The molecule has 1 fully saturated rings. The lowest BCUT2D eigenvalue weighted by molar-refractivity contribution is -0.141. The number of carbonyl (C=O) groups is 2. The van der Waals surface area contributed by atoms with Crippen LogP contribution in [0.5, 0.6) is 5.75 Å². The first kappa shape index (κ1) is 40.0. The minimum absolute atomic E-state index is 0.103. The van der Waals surface area contributed by atoms with Crippen LogP contribution in [-0.4, -0.2) is 123 Å². The van der Waals surface area contributed by atoms with Gasteiger partial charge >= 0.3 is 5.97 Å². The van der Waals surface area contributed by atoms with Crippen LogP contribution in [0.15, 0.2) is 84.4 Å². The topological polar surface area (TPSA) is 203 Å². The molecule has 0 aliphatic carbocycles. The van der Waals surface area contributed by atoms with Crippen LogP contribution >= 0.6 is 11.5 Å². The number of imidazole rings is 1. The predicted octanol–water partition coefficient (Wildman–Crippen LogP) is 3.85. The Bertz CT molecular complexity index is 2260. The van der Waals surface area contributed by atoms with E-state index < -0.39 is 12.0 Å². The fourth-order valence-electron chi connectivity index (χ4n) is 6.09. The summed E-state index contributed by atoms with van der Waals surface area (Å²) in [4.78, 5) is 53.7. The van der Waals surface area contributed by atoms with Gasteiger partial charge in [0, 0.05) is 76.8 Å². The number of H-pyrrole nitrogens is 1. The van der Waals surface area contributed by atoms with Crippen molar-refractivity contribution in [1.29, 1.82) is 5.26 Å². The number of nitriles is 1. The molecular weight excluding hydrogens is 747 g/mol. The maximum atomic E-state index is 13.0. The Morgan fingerprint density at radius 1 is 1.09 bits per heavy atom. The van der Waals surface area contributed by atoms with Gasteiger partial charge in [-0.3, -0.25) is 9.69 Å². The number of amides is 1. The number of fused-ring (bicyclic) bond motifs is 1. The number of esters is 1. The normalized spacial score (nSPS) is 13.9. The fourth-order valence-corrected chi connectivity index (χ4v) is 6.52. The molecule has 1 amide bonds. The molecule has 0 spiro atoms. The van der Waals surface area contributed by atoms with Crippen molar-refractivity contribution in [3.8, 4) is 11.8 Å². The summed E-state index contributed by atoms with van der Waals surface area (Å²) < 4.78 is 14.3. The second-order valence-electron chi connectivity index (χ2n) is 13.1. The smallest absolute Gasteiger partial charge is 0.328 e. The molecule has 1 aliphatic rings. The van der Waals surface area contributed by atoms with Crippen LogP contribution in [0.1, 0.15) is 27.4 Å². The number of carbonyl (C=O) groups excluding carboxylic acids is 2. The SMILES string of the molecule is C=C/C=C(\C=C\Nc1nc(N[C@@H](Cc2ccc(C#N)cc2)C(=O)OC)nc(N(C)CCc2nc3ccc(OC)cc3[nH]2)n1)CN1CCN(C(=O)c2csnn2)CC1. The largest absolute Gasteiger partial charge is 0.497 e. The third-order valence-corrected chi connectivity index (χ3v) is 9.69. The second-order valence-corrected chi connectivity index (χ2v) is 13.7. The van der Waals surface area contributed by atoms with Crippen LogP contribution in [0.25, 0.3) is 11.0 Å². The van der Waals surface area contributed by atoms with Crippen LogP contribution < -0.4 is 20.3 Å². The zero-order chi connectivity index (χ0) is 40.1. The van der Waals surface area contributed by atoms with Gasteiger partial charge in [0.05, 0.1) is 36.9 Å². The molecule has 0 saturated carbocycles. The number of rotatable bonds is 17. The molecule has 0 radical (unpaired) electrons. The summed E-state index contributed by atoms with van der Waals surface area (Å²) in [7, 11) is 4.81. The Kier molecular flexibility index (Phi) is 13.5. The summed E-state index contributed by atoms with van der Waals surface area (Å²) in [6, 6.07) is 13.9. The number of likely N-dealkylation sites (N-methyl/N-ethyl adjacent to an activating group) is 1. The van der Waals surface area contributed by atoms with E-state index in [-0.39, 0.29) is 24.2 Å². The van der Waals surface area contributed by atoms with Crippen LogP contribution in [0, 0.1) is 11.3 Å². The van der Waals surface area contributed by atoms with Crippen molar-refractivity contribution in [2.24, 2.45) is 0 Å². The van der Waals surface area contributed by atoms with E-state index in [1.54, 1.807) is 53.9 Å². The minimum atomic E-state index is -0.838. The summed E-state index contributed by atoms with van der Waals surface area (Å²) in [6.45, 7) is 7.59. The Balaban J connectivity index is 1.17. The molecule has 294 valence electrons. The van der Waals surface area contributed by atoms with Crippen molar-refractivity contribution >= 4 is 52.3 Å². The molecule has 1 aliphatic heterocycles. The number of nitrogens with one attached hydrogen (secondary N) is 3. The van der Waals surface area contributed by atoms with Crippen molar-refractivity contribution in [2.75, 3.05) is 76.1 Å². The first-order chi connectivity index (χ1) is 27.7. The average Bonchev–Trinajstić information content (AvgIpc) is 3.93. The number of nitrogens with zero attached hydrogens (tertiary/aromatic N) is 10. The van der Waals surface area contributed by atoms with Crippen molar-refractivity contribution in [2.45, 2.75) is 18.9 Å². The highest BCUT2D eigenvalue weighted by Crippen LogP contribution is 2.20. The number of methoxy groups -OCH3 is 2. The number of allylic oxidation sites excluding steroid dienone is 2. The number of hydrogen-bond donors (Lipinski definition) is 3. The van der Waals surface area contributed by atoms with Crippen molar-refractivity contribution in [3.05, 3.63) is 107 Å².